The Kier molecular flexibility index (Phi) is 2.28. The highest BCUT2D eigenvalue weighted by Crippen LogP contribution is 2.37. The van der Waals surface area contributed by atoms with Gasteiger partial charge in [0.2, 0.25) is 0 Å². The lowest BCUT2D eigenvalue weighted by molar-refractivity contribution is -0.171. The van der Waals surface area contributed by atoms with Crippen LogP contribution in [0.1, 0.15) is 22.8 Å². The topological polar surface area (TPSA) is 67.1 Å². The van der Waals surface area contributed by atoms with Gasteiger partial charge in [0.05, 0.1) is 6.20 Å². The molecule has 0 saturated heterocycles. The number of nitrogens with zero attached hydrogens (tertiary/aromatic N) is 2. The van der Waals surface area contributed by atoms with Crippen molar-refractivity contribution in [3.63, 3.8) is 0 Å². The van der Waals surface area contributed by atoms with Gasteiger partial charge in [0.1, 0.15) is 11.4 Å². The summed E-state index contributed by atoms with van der Waals surface area (Å²) < 4.78 is 38.5. The van der Waals surface area contributed by atoms with E-state index in [4.69, 9.17) is 5.11 Å². The maximum Gasteiger partial charge on any atom is 0.410 e. The van der Waals surface area contributed by atoms with Crippen LogP contribution in [0.5, 0.6) is 0 Å². The first-order valence-corrected chi connectivity index (χ1v) is 4.52. The summed E-state index contributed by atoms with van der Waals surface area (Å²) in [5.41, 5.74) is -0.242. The summed E-state index contributed by atoms with van der Waals surface area (Å²) in [6.07, 6.45) is -3.65. The van der Waals surface area contributed by atoms with Crippen molar-refractivity contribution in [2.75, 3.05) is 11.9 Å². The minimum Gasteiger partial charge on any atom is -0.477 e. The van der Waals surface area contributed by atoms with Crippen LogP contribution in [0, 0.1) is 0 Å². The van der Waals surface area contributed by atoms with Crippen LogP contribution in [-0.2, 0) is 0 Å². The first-order chi connectivity index (χ1) is 7.41. The third-order valence-corrected chi connectivity index (χ3v) is 2.41. The first kappa shape index (κ1) is 10.8. The Morgan fingerprint density at radius 3 is 2.88 bits per heavy atom. The van der Waals surface area contributed by atoms with Crippen molar-refractivity contribution in [1.82, 2.24) is 9.78 Å². The number of anilines is 1. The highest BCUT2D eigenvalue weighted by atomic mass is 19.4. The molecule has 1 aromatic heterocycles. The summed E-state index contributed by atoms with van der Waals surface area (Å²) in [7, 11) is 0. The molecule has 0 fully saturated rings. The van der Waals surface area contributed by atoms with Crippen LogP contribution >= 0.6 is 0 Å². The second-order valence-corrected chi connectivity index (χ2v) is 3.43. The van der Waals surface area contributed by atoms with Gasteiger partial charge < -0.3 is 10.4 Å². The first-order valence-electron chi connectivity index (χ1n) is 4.52. The summed E-state index contributed by atoms with van der Waals surface area (Å²) in [4.78, 5) is 10.7. The molecular weight excluding hydrogens is 227 g/mol. The summed E-state index contributed by atoms with van der Waals surface area (Å²) in [6, 6.07) is -1.75. The molecule has 2 heterocycles. The van der Waals surface area contributed by atoms with E-state index in [2.05, 4.69) is 10.4 Å². The normalized spacial score (nSPS) is 20.1. The quantitative estimate of drug-likeness (QED) is 0.774. The summed E-state index contributed by atoms with van der Waals surface area (Å²) >= 11 is 0. The average molecular weight is 235 g/mol. The SMILES string of the molecule is O=C(O)c1cnn2c1NCC[C@H]2C(F)(F)F. The number of hydrogen-bond acceptors (Lipinski definition) is 3. The van der Waals surface area contributed by atoms with Crippen LogP contribution in [0.4, 0.5) is 19.0 Å². The minimum atomic E-state index is -4.42. The molecule has 0 radical (unpaired) electrons. The minimum absolute atomic E-state index is 0.0795. The van der Waals surface area contributed by atoms with Crippen LogP contribution in [0.25, 0.3) is 0 Å². The van der Waals surface area contributed by atoms with Crippen LogP contribution in [0.2, 0.25) is 0 Å². The Bertz CT molecular complexity index is 427. The van der Waals surface area contributed by atoms with Gasteiger partial charge in [-0.25, -0.2) is 9.48 Å². The molecule has 2 rings (SSSR count). The van der Waals surface area contributed by atoms with E-state index in [0.29, 0.717) is 4.68 Å². The van der Waals surface area contributed by atoms with E-state index in [9.17, 15) is 18.0 Å². The Morgan fingerprint density at radius 1 is 1.62 bits per heavy atom. The molecule has 0 unspecified atom stereocenters. The van der Waals surface area contributed by atoms with Crippen molar-refractivity contribution < 1.29 is 23.1 Å². The third kappa shape index (κ3) is 1.59. The van der Waals surface area contributed by atoms with Gasteiger partial charge in [0.25, 0.3) is 0 Å². The molecular formula is C8H8F3N3O2. The molecule has 0 bridgehead atoms. The molecule has 88 valence electrons. The summed E-state index contributed by atoms with van der Waals surface area (Å²) in [6.45, 7) is 0.0795. The molecule has 0 aliphatic carbocycles. The molecule has 1 atom stereocenters. The zero-order valence-electron chi connectivity index (χ0n) is 7.95. The lowest BCUT2D eigenvalue weighted by Gasteiger charge is -2.27. The van der Waals surface area contributed by atoms with E-state index in [1.54, 1.807) is 0 Å². The van der Waals surface area contributed by atoms with E-state index in [-0.39, 0.29) is 24.3 Å². The number of carboxylic acids is 1. The number of carbonyl (C=O) groups is 1. The molecule has 0 saturated carbocycles. The fraction of sp³-hybridized carbons (Fsp3) is 0.500. The van der Waals surface area contributed by atoms with Crippen molar-refractivity contribution in [2.45, 2.75) is 18.6 Å². The van der Waals surface area contributed by atoms with E-state index >= 15 is 0 Å². The number of fused-ring (bicyclic) bond motifs is 1. The van der Waals surface area contributed by atoms with Crippen LogP contribution in [0.15, 0.2) is 6.20 Å². The predicted molar refractivity (Wildman–Crippen MR) is 47.4 cm³/mol. The van der Waals surface area contributed by atoms with E-state index in [0.717, 1.165) is 6.20 Å². The Labute approximate surface area is 87.9 Å². The Hall–Kier alpha value is -1.73. The number of halogens is 3. The maximum atomic E-state index is 12.6. The van der Waals surface area contributed by atoms with Crippen LogP contribution in [-0.4, -0.2) is 33.6 Å². The summed E-state index contributed by atoms with van der Waals surface area (Å²) in [5.74, 6) is -1.38. The molecule has 2 N–H and O–H groups in total. The molecule has 5 nitrogen and oxygen atoms in total. The number of nitrogens with one attached hydrogen (secondary N) is 1. The molecule has 1 aliphatic heterocycles. The van der Waals surface area contributed by atoms with Gasteiger partial charge in [-0.1, -0.05) is 0 Å². The fourth-order valence-corrected chi connectivity index (χ4v) is 1.68. The number of aromatic carboxylic acids is 1. The van der Waals surface area contributed by atoms with E-state index in [1.165, 1.54) is 0 Å². The number of rotatable bonds is 1. The van der Waals surface area contributed by atoms with Crippen LogP contribution < -0.4 is 5.32 Å². The van der Waals surface area contributed by atoms with Crippen molar-refractivity contribution in [3.05, 3.63) is 11.8 Å². The van der Waals surface area contributed by atoms with Gasteiger partial charge >= 0.3 is 12.1 Å². The highest BCUT2D eigenvalue weighted by molar-refractivity contribution is 5.93. The molecule has 1 aliphatic rings. The number of hydrogen-bond donors (Lipinski definition) is 2. The molecule has 0 amide bonds. The van der Waals surface area contributed by atoms with Gasteiger partial charge in [0.15, 0.2) is 6.04 Å². The lowest BCUT2D eigenvalue weighted by atomic mass is 10.1. The molecule has 8 heteroatoms. The standard InChI is InChI=1S/C8H8F3N3O2/c9-8(10,11)5-1-2-12-6-4(7(15)16)3-13-14(5)6/h3,5,12H,1-2H2,(H,15,16)/t5-/m0/s1. The maximum absolute atomic E-state index is 12.6. The second-order valence-electron chi connectivity index (χ2n) is 3.43. The zero-order valence-corrected chi connectivity index (χ0v) is 7.95. The van der Waals surface area contributed by atoms with E-state index in [1.807, 2.05) is 0 Å². The number of aromatic nitrogens is 2. The van der Waals surface area contributed by atoms with Gasteiger partial charge in [-0.05, 0) is 6.42 Å². The number of carboxylic acid groups (broad SMARTS) is 1. The Morgan fingerprint density at radius 2 is 2.31 bits per heavy atom. The zero-order chi connectivity index (χ0) is 11.9. The van der Waals surface area contributed by atoms with Crippen molar-refractivity contribution in [3.8, 4) is 0 Å². The fourth-order valence-electron chi connectivity index (χ4n) is 1.68. The Balaban J connectivity index is 2.45. The van der Waals surface area contributed by atoms with E-state index < -0.39 is 18.2 Å². The third-order valence-electron chi connectivity index (χ3n) is 2.41. The highest BCUT2D eigenvalue weighted by Gasteiger charge is 2.44. The number of alkyl halides is 3. The van der Waals surface area contributed by atoms with Crippen LogP contribution in [0.3, 0.4) is 0 Å². The lowest BCUT2D eigenvalue weighted by Crippen LogP contribution is -2.34. The second kappa shape index (κ2) is 3.39. The molecule has 16 heavy (non-hydrogen) atoms. The molecule has 0 spiro atoms. The largest absolute Gasteiger partial charge is 0.477 e. The molecule has 1 aromatic rings. The monoisotopic (exact) mass is 235 g/mol. The van der Waals surface area contributed by atoms with Gasteiger partial charge in [-0.2, -0.15) is 18.3 Å². The van der Waals surface area contributed by atoms with Gasteiger partial charge in [-0.15, -0.1) is 0 Å². The summed E-state index contributed by atoms with van der Waals surface area (Å²) in [5, 5.41) is 14.8. The predicted octanol–water partition coefficient (Wildman–Crippen LogP) is 1.50. The van der Waals surface area contributed by atoms with Crippen molar-refractivity contribution in [1.29, 1.82) is 0 Å². The van der Waals surface area contributed by atoms with Crippen molar-refractivity contribution >= 4 is 11.8 Å². The van der Waals surface area contributed by atoms with Crippen molar-refractivity contribution in [2.24, 2.45) is 0 Å². The van der Waals surface area contributed by atoms with Gasteiger partial charge in [-0.3, -0.25) is 0 Å². The average Bonchev–Trinajstić information content (AvgIpc) is 2.58. The smallest absolute Gasteiger partial charge is 0.410 e. The molecule has 0 aromatic carbocycles. The van der Waals surface area contributed by atoms with Gasteiger partial charge in [0, 0.05) is 6.54 Å².